The summed E-state index contributed by atoms with van der Waals surface area (Å²) in [5, 5.41) is 0. The van der Waals surface area contributed by atoms with Crippen LogP contribution in [-0.2, 0) is 4.74 Å². The van der Waals surface area contributed by atoms with E-state index in [0.29, 0.717) is 12.1 Å². The Balaban J connectivity index is 1.62. The zero-order valence-electron chi connectivity index (χ0n) is 14.5. The highest BCUT2D eigenvalue weighted by molar-refractivity contribution is 5.56. The molecule has 5 nitrogen and oxygen atoms in total. The van der Waals surface area contributed by atoms with Crippen LogP contribution in [0.1, 0.15) is 19.3 Å². The molecule has 2 aliphatic rings. The summed E-state index contributed by atoms with van der Waals surface area (Å²) in [6, 6.07) is 6.67. The molecule has 0 aliphatic carbocycles. The van der Waals surface area contributed by atoms with Crippen LogP contribution in [0.25, 0.3) is 0 Å². The van der Waals surface area contributed by atoms with Crippen molar-refractivity contribution in [3.63, 3.8) is 0 Å². The van der Waals surface area contributed by atoms with E-state index in [-0.39, 0.29) is 0 Å². The summed E-state index contributed by atoms with van der Waals surface area (Å²) in [6.45, 7) is 4.08. The summed E-state index contributed by atoms with van der Waals surface area (Å²) in [7, 11) is 5.61. The van der Waals surface area contributed by atoms with E-state index < -0.39 is 0 Å². The Morgan fingerprint density at radius 1 is 1.17 bits per heavy atom. The first-order valence-electron chi connectivity index (χ1n) is 8.49. The summed E-state index contributed by atoms with van der Waals surface area (Å²) < 4.78 is 16.5. The first kappa shape index (κ1) is 16.4. The molecule has 0 unspecified atom stereocenters. The molecular formula is C18H28N2O3. The van der Waals surface area contributed by atoms with Gasteiger partial charge in [0.25, 0.3) is 0 Å². The normalized spacial score (nSPS) is 24.4. The van der Waals surface area contributed by atoms with Crippen molar-refractivity contribution in [3.05, 3.63) is 18.2 Å². The Kier molecular flexibility index (Phi) is 5.28. The van der Waals surface area contributed by atoms with E-state index in [1.807, 2.05) is 6.07 Å². The predicted octanol–water partition coefficient (Wildman–Crippen LogP) is 2.39. The van der Waals surface area contributed by atoms with Gasteiger partial charge in [-0.25, -0.2) is 0 Å². The van der Waals surface area contributed by atoms with Gasteiger partial charge >= 0.3 is 0 Å². The topological polar surface area (TPSA) is 34.2 Å². The molecule has 0 bridgehead atoms. The van der Waals surface area contributed by atoms with Crippen LogP contribution < -0.4 is 14.4 Å². The Morgan fingerprint density at radius 3 is 2.52 bits per heavy atom. The van der Waals surface area contributed by atoms with Gasteiger partial charge in [-0.3, -0.25) is 4.90 Å². The molecule has 1 aromatic rings. The van der Waals surface area contributed by atoms with Crippen molar-refractivity contribution in [3.8, 4) is 11.5 Å². The highest BCUT2D eigenvalue weighted by Gasteiger charge is 2.28. The molecule has 3 rings (SSSR count). The number of nitrogens with zero attached hydrogens (tertiary/aromatic N) is 2. The molecule has 0 radical (unpaired) electrons. The lowest BCUT2D eigenvalue weighted by Gasteiger charge is -2.27. The van der Waals surface area contributed by atoms with Crippen molar-refractivity contribution < 1.29 is 14.2 Å². The Bertz CT molecular complexity index is 495. The second-order valence-electron chi connectivity index (χ2n) is 6.53. The van der Waals surface area contributed by atoms with E-state index in [0.717, 1.165) is 37.7 Å². The third kappa shape index (κ3) is 3.90. The Hall–Kier alpha value is -1.46. The third-order valence-corrected chi connectivity index (χ3v) is 5.00. The van der Waals surface area contributed by atoms with Gasteiger partial charge in [0.15, 0.2) is 0 Å². The number of methoxy groups -OCH3 is 2. The summed E-state index contributed by atoms with van der Waals surface area (Å²) >= 11 is 0. The molecule has 1 aromatic carbocycles. The van der Waals surface area contributed by atoms with Crippen molar-refractivity contribution in [2.75, 3.05) is 52.4 Å². The molecule has 23 heavy (non-hydrogen) atoms. The van der Waals surface area contributed by atoms with Crippen LogP contribution in [0.2, 0.25) is 0 Å². The smallest absolute Gasteiger partial charge is 0.124 e. The average molecular weight is 320 g/mol. The van der Waals surface area contributed by atoms with Gasteiger partial charge in [0, 0.05) is 56.2 Å². The standard InChI is InChI=1S/C18H28N2O3/c1-19(13-16-5-4-8-23-16)14-6-7-20(12-14)15-9-17(21-2)11-18(10-15)22-3/h9-11,14,16H,4-8,12-13H2,1-3H3/t14-,16+/m1/s1. The van der Waals surface area contributed by atoms with E-state index >= 15 is 0 Å². The number of ether oxygens (including phenoxy) is 3. The van der Waals surface area contributed by atoms with Crippen molar-refractivity contribution in [2.45, 2.75) is 31.4 Å². The maximum absolute atomic E-state index is 5.77. The van der Waals surface area contributed by atoms with Gasteiger partial charge in [-0.1, -0.05) is 0 Å². The van der Waals surface area contributed by atoms with Crippen molar-refractivity contribution >= 4 is 5.69 Å². The molecule has 0 amide bonds. The second-order valence-corrected chi connectivity index (χ2v) is 6.53. The Morgan fingerprint density at radius 2 is 1.91 bits per heavy atom. The van der Waals surface area contributed by atoms with Crippen LogP contribution in [0.3, 0.4) is 0 Å². The van der Waals surface area contributed by atoms with Gasteiger partial charge in [0.1, 0.15) is 11.5 Å². The number of hydrogen-bond acceptors (Lipinski definition) is 5. The number of likely N-dealkylation sites (N-methyl/N-ethyl adjacent to an activating group) is 1. The second kappa shape index (κ2) is 7.41. The van der Waals surface area contributed by atoms with Crippen molar-refractivity contribution in [1.82, 2.24) is 4.90 Å². The van der Waals surface area contributed by atoms with Crippen LogP contribution in [0, 0.1) is 0 Å². The van der Waals surface area contributed by atoms with Gasteiger partial charge in [-0.2, -0.15) is 0 Å². The van der Waals surface area contributed by atoms with Gasteiger partial charge in [0.05, 0.1) is 20.3 Å². The SMILES string of the molecule is COc1cc(OC)cc(N2CC[C@@H](N(C)C[C@@H]3CCCO3)C2)c1. The van der Waals surface area contributed by atoms with Crippen LogP contribution in [0.15, 0.2) is 18.2 Å². The number of anilines is 1. The fourth-order valence-corrected chi connectivity index (χ4v) is 3.57. The fourth-order valence-electron chi connectivity index (χ4n) is 3.57. The monoisotopic (exact) mass is 320 g/mol. The molecule has 128 valence electrons. The van der Waals surface area contributed by atoms with E-state index in [2.05, 4.69) is 29.0 Å². The predicted molar refractivity (Wildman–Crippen MR) is 91.8 cm³/mol. The molecule has 2 saturated heterocycles. The van der Waals surface area contributed by atoms with E-state index in [9.17, 15) is 0 Å². The summed E-state index contributed by atoms with van der Waals surface area (Å²) in [4.78, 5) is 4.88. The van der Waals surface area contributed by atoms with Crippen LogP contribution in [0.5, 0.6) is 11.5 Å². The van der Waals surface area contributed by atoms with Gasteiger partial charge in [0.2, 0.25) is 0 Å². The lowest BCUT2D eigenvalue weighted by Crippen LogP contribution is -2.39. The van der Waals surface area contributed by atoms with Crippen molar-refractivity contribution in [2.24, 2.45) is 0 Å². The zero-order chi connectivity index (χ0) is 16.2. The molecule has 2 atom stereocenters. The minimum atomic E-state index is 0.422. The average Bonchev–Trinajstić information content (AvgIpc) is 3.25. The maximum Gasteiger partial charge on any atom is 0.124 e. The van der Waals surface area contributed by atoms with Crippen LogP contribution in [-0.4, -0.2) is 64.6 Å². The van der Waals surface area contributed by atoms with Gasteiger partial charge in [-0.15, -0.1) is 0 Å². The lowest BCUT2D eigenvalue weighted by atomic mass is 10.2. The molecule has 2 heterocycles. The summed E-state index contributed by atoms with van der Waals surface area (Å²) in [5.74, 6) is 1.69. The molecule has 0 spiro atoms. The molecular weight excluding hydrogens is 292 g/mol. The number of rotatable bonds is 6. The van der Waals surface area contributed by atoms with E-state index in [4.69, 9.17) is 14.2 Å². The third-order valence-electron chi connectivity index (χ3n) is 5.00. The molecule has 2 fully saturated rings. The summed E-state index contributed by atoms with van der Waals surface area (Å²) in [6.07, 6.45) is 4.01. The van der Waals surface area contributed by atoms with E-state index in [1.54, 1.807) is 14.2 Å². The highest BCUT2D eigenvalue weighted by Crippen LogP contribution is 2.31. The molecule has 0 N–H and O–H groups in total. The number of benzene rings is 1. The maximum atomic E-state index is 5.77. The van der Waals surface area contributed by atoms with Crippen LogP contribution >= 0.6 is 0 Å². The summed E-state index contributed by atoms with van der Waals surface area (Å²) in [5.41, 5.74) is 1.18. The first-order chi connectivity index (χ1) is 11.2. The molecule has 2 aliphatic heterocycles. The van der Waals surface area contributed by atoms with Gasteiger partial charge in [-0.05, 0) is 26.3 Å². The van der Waals surface area contributed by atoms with Gasteiger partial charge < -0.3 is 19.1 Å². The quantitative estimate of drug-likeness (QED) is 0.804. The van der Waals surface area contributed by atoms with E-state index in [1.165, 1.54) is 24.9 Å². The minimum Gasteiger partial charge on any atom is -0.497 e. The Labute approximate surface area is 139 Å². The molecule has 0 saturated carbocycles. The highest BCUT2D eigenvalue weighted by atomic mass is 16.5. The number of hydrogen-bond donors (Lipinski definition) is 0. The minimum absolute atomic E-state index is 0.422. The fraction of sp³-hybridized carbons (Fsp3) is 0.667. The van der Waals surface area contributed by atoms with Crippen LogP contribution in [0.4, 0.5) is 5.69 Å². The molecule has 0 aromatic heterocycles. The molecule has 5 heteroatoms. The zero-order valence-corrected chi connectivity index (χ0v) is 14.5. The van der Waals surface area contributed by atoms with Crippen molar-refractivity contribution in [1.29, 1.82) is 0 Å². The lowest BCUT2D eigenvalue weighted by molar-refractivity contribution is 0.0708. The first-order valence-corrected chi connectivity index (χ1v) is 8.49. The largest absolute Gasteiger partial charge is 0.497 e.